The molecule has 1 aromatic rings. The van der Waals surface area contributed by atoms with Gasteiger partial charge in [-0.3, -0.25) is 4.79 Å². The van der Waals surface area contributed by atoms with Gasteiger partial charge in [0.15, 0.2) is 0 Å². The normalized spacial score (nSPS) is 22.7. The number of aryl methyl sites for hydroxylation is 1. The molecular weight excluding hydrogens is 302 g/mol. The van der Waals surface area contributed by atoms with Crippen LogP contribution in [-0.4, -0.2) is 54.7 Å². The molecular formula is C19H29N3O2. The summed E-state index contributed by atoms with van der Waals surface area (Å²) in [5.74, 6) is 0.128. The number of piperidine rings is 1. The quantitative estimate of drug-likeness (QED) is 0.755. The summed E-state index contributed by atoms with van der Waals surface area (Å²) in [6.07, 6.45) is 3.20. The minimum absolute atomic E-state index is 0.000591. The van der Waals surface area contributed by atoms with Gasteiger partial charge in [0.2, 0.25) is 5.91 Å². The first-order valence-electron chi connectivity index (χ1n) is 9.02. The van der Waals surface area contributed by atoms with Gasteiger partial charge in [-0.1, -0.05) is 24.3 Å². The summed E-state index contributed by atoms with van der Waals surface area (Å²) in [6, 6.07) is 8.02. The molecule has 0 bridgehead atoms. The van der Waals surface area contributed by atoms with Crippen molar-refractivity contribution in [2.75, 3.05) is 32.8 Å². The average Bonchev–Trinajstić information content (AvgIpc) is 3.00. The standard InChI is InChI=1S/C19H29N3O2/c1-15-4-2-3-5-16(15)13-22(10-11-23)18(24)17-12-19(14-21-17)6-8-20-9-7-19/h2-5,17,20-21,23H,6-14H2,1H3. The molecule has 2 saturated heterocycles. The Kier molecular flexibility index (Phi) is 5.54. The summed E-state index contributed by atoms with van der Waals surface area (Å²) in [5, 5.41) is 16.3. The average molecular weight is 331 g/mol. The Bertz CT molecular complexity index is 569. The molecule has 0 aliphatic carbocycles. The highest BCUT2D eigenvalue weighted by atomic mass is 16.3. The van der Waals surface area contributed by atoms with Crippen molar-refractivity contribution in [3.63, 3.8) is 0 Å². The molecule has 0 radical (unpaired) electrons. The highest BCUT2D eigenvalue weighted by Gasteiger charge is 2.43. The fraction of sp³-hybridized carbons (Fsp3) is 0.632. The zero-order valence-electron chi connectivity index (χ0n) is 14.6. The Balaban J connectivity index is 1.67. The van der Waals surface area contributed by atoms with E-state index < -0.39 is 0 Å². The number of aliphatic hydroxyl groups is 1. The van der Waals surface area contributed by atoms with Crippen molar-refractivity contribution < 1.29 is 9.90 Å². The Hall–Kier alpha value is -1.43. The van der Waals surface area contributed by atoms with E-state index in [0.29, 0.717) is 13.1 Å². The van der Waals surface area contributed by atoms with Crippen LogP contribution in [-0.2, 0) is 11.3 Å². The van der Waals surface area contributed by atoms with Crippen LogP contribution in [0.2, 0.25) is 0 Å². The van der Waals surface area contributed by atoms with E-state index in [1.54, 1.807) is 4.90 Å². The highest BCUT2D eigenvalue weighted by molar-refractivity contribution is 5.82. The summed E-state index contributed by atoms with van der Waals surface area (Å²) in [6.45, 7) is 6.05. The lowest BCUT2D eigenvalue weighted by Gasteiger charge is -2.33. The molecule has 132 valence electrons. The molecule has 1 amide bonds. The van der Waals surface area contributed by atoms with Crippen LogP contribution < -0.4 is 10.6 Å². The fourth-order valence-electron chi connectivity index (χ4n) is 4.03. The molecule has 0 saturated carbocycles. The van der Waals surface area contributed by atoms with Crippen molar-refractivity contribution in [1.82, 2.24) is 15.5 Å². The maximum Gasteiger partial charge on any atom is 0.240 e. The zero-order valence-corrected chi connectivity index (χ0v) is 14.6. The third kappa shape index (κ3) is 3.79. The Morgan fingerprint density at radius 3 is 2.79 bits per heavy atom. The van der Waals surface area contributed by atoms with Gasteiger partial charge in [-0.2, -0.15) is 0 Å². The molecule has 1 atom stereocenters. The summed E-state index contributed by atoms with van der Waals surface area (Å²) >= 11 is 0. The zero-order chi connectivity index (χ0) is 17.0. The van der Waals surface area contributed by atoms with E-state index in [0.717, 1.165) is 44.5 Å². The van der Waals surface area contributed by atoms with Crippen molar-refractivity contribution in [1.29, 1.82) is 0 Å². The van der Waals surface area contributed by atoms with Gasteiger partial charge in [-0.05, 0) is 55.8 Å². The summed E-state index contributed by atoms with van der Waals surface area (Å²) in [4.78, 5) is 14.8. The van der Waals surface area contributed by atoms with Crippen LogP contribution in [0.3, 0.4) is 0 Å². The van der Waals surface area contributed by atoms with Crippen molar-refractivity contribution >= 4 is 5.91 Å². The SMILES string of the molecule is Cc1ccccc1CN(CCO)C(=O)C1CC2(CCNCC2)CN1. The second-order valence-corrected chi connectivity index (χ2v) is 7.30. The lowest BCUT2D eigenvalue weighted by Crippen LogP contribution is -2.44. The van der Waals surface area contributed by atoms with E-state index in [9.17, 15) is 9.90 Å². The summed E-state index contributed by atoms with van der Waals surface area (Å²) < 4.78 is 0. The van der Waals surface area contributed by atoms with E-state index in [2.05, 4.69) is 29.7 Å². The minimum Gasteiger partial charge on any atom is -0.395 e. The van der Waals surface area contributed by atoms with Gasteiger partial charge in [-0.25, -0.2) is 0 Å². The Morgan fingerprint density at radius 2 is 2.08 bits per heavy atom. The third-order valence-electron chi connectivity index (χ3n) is 5.63. The number of carbonyl (C=O) groups is 1. The van der Waals surface area contributed by atoms with Gasteiger partial charge in [-0.15, -0.1) is 0 Å². The first-order chi connectivity index (χ1) is 11.6. The van der Waals surface area contributed by atoms with Crippen molar-refractivity contribution in [3.8, 4) is 0 Å². The van der Waals surface area contributed by atoms with E-state index in [1.807, 2.05) is 12.1 Å². The van der Waals surface area contributed by atoms with Crippen LogP contribution in [0, 0.1) is 12.3 Å². The molecule has 2 heterocycles. The maximum atomic E-state index is 13.0. The van der Waals surface area contributed by atoms with Gasteiger partial charge in [0.05, 0.1) is 12.6 Å². The summed E-state index contributed by atoms with van der Waals surface area (Å²) in [5.41, 5.74) is 2.61. The maximum absolute atomic E-state index is 13.0. The number of amides is 1. The molecule has 5 nitrogen and oxygen atoms in total. The topological polar surface area (TPSA) is 64.6 Å². The number of rotatable bonds is 5. The van der Waals surface area contributed by atoms with Crippen LogP contribution in [0.4, 0.5) is 0 Å². The molecule has 1 aromatic carbocycles. The summed E-state index contributed by atoms with van der Waals surface area (Å²) in [7, 11) is 0. The predicted octanol–water partition coefficient (Wildman–Crippen LogP) is 1.05. The van der Waals surface area contributed by atoms with Gasteiger partial charge < -0.3 is 20.6 Å². The number of aliphatic hydroxyl groups excluding tert-OH is 1. The molecule has 2 fully saturated rings. The fourth-order valence-corrected chi connectivity index (χ4v) is 4.03. The van der Waals surface area contributed by atoms with Crippen molar-refractivity contribution in [3.05, 3.63) is 35.4 Å². The number of benzene rings is 1. The lowest BCUT2D eigenvalue weighted by atomic mass is 9.77. The molecule has 1 unspecified atom stereocenters. The number of carbonyl (C=O) groups excluding carboxylic acids is 1. The second-order valence-electron chi connectivity index (χ2n) is 7.30. The van der Waals surface area contributed by atoms with E-state index in [-0.39, 0.29) is 24.0 Å². The van der Waals surface area contributed by atoms with Crippen LogP contribution in [0.25, 0.3) is 0 Å². The van der Waals surface area contributed by atoms with Crippen molar-refractivity contribution in [2.45, 2.75) is 38.8 Å². The Morgan fingerprint density at radius 1 is 1.33 bits per heavy atom. The minimum atomic E-state index is -0.112. The largest absolute Gasteiger partial charge is 0.395 e. The Labute approximate surface area is 144 Å². The van der Waals surface area contributed by atoms with Crippen LogP contribution >= 0.6 is 0 Å². The smallest absolute Gasteiger partial charge is 0.240 e. The second kappa shape index (κ2) is 7.64. The van der Waals surface area contributed by atoms with Gasteiger partial charge in [0.25, 0.3) is 0 Å². The highest BCUT2D eigenvalue weighted by Crippen LogP contribution is 2.37. The number of nitrogens with one attached hydrogen (secondary N) is 2. The van der Waals surface area contributed by atoms with Crippen LogP contribution in [0.15, 0.2) is 24.3 Å². The molecule has 3 rings (SSSR count). The molecule has 3 N–H and O–H groups in total. The van der Waals surface area contributed by atoms with Crippen LogP contribution in [0.5, 0.6) is 0 Å². The lowest BCUT2D eigenvalue weighted by molar-refractivity contribution is -0.134. The first-order valence-corrected chi connectivity index (χ1v) is 9.02. The van der Waals surface area contributed by atoms with E-state index in [1.165, 1.54) is 5.56 Å². The van der Waals surface area contributed by atoms with Crippen molar-refractivity contribution in [2.24, 2.45) is 5.41 Å². The molecule has 0 aromatic heterocycles. The number of hydrogen-bond donors (Lipinski definition) is 3. The monoisotopic (exact) mass is 331 g/mol. The molecule has 2 aliphatic heterocycles. The third-order valence-corrected chi connectivity index (χ3v) is 5.63. The number of hydrogen-bond acceptors (Lipinski definition) is 4. The predicted molar refractivity (Wildman–Crippen MR) is 94.6 cm³/mol. The molecule has 5 heteroatoms. The molecule has 2 aliphatic rings. The van der Waals surface area contributed by atoms with Gasteiger partial charge in [0.1, 0.15) is 0 Å². The molecule has 24 heavy (non-hydrogen) atoms. The molecule has 1 spiro atoms. The van der Waals surface area contributed by atoms with E-state index >= 15 is 0 Å². The van der Waals surface area contributed by atoms with Gasteiger partial charge >= 0.3 is 0 Å². The van der Waals surface area contributed by atoms with E-state index in [4.69, 9.17) is 0 Å². The number of nitrogens with zero attached hydrogens (tertiary/aromatic N) is 1. The van der Waals surface area contributed by atoms with Gasteiger partial charge in [0, 0.05) is 19.6 Å². The first kappa shape index (κ1) is 17.4. The van der Waals surface area contributed by atoms with Crippen LogP contribution in [0.1, 0.15) is 30.4 Å².